The summed E-state index contributed by atoms with van der Waals surface area (Å²) in [7, 11) is 5.42. The van der Waals surface area contributed by atoms with Crippen molar-refractivity contribution in [3.05, 3.63) is 24.0 Å². The molecule has 23 heavy (non-hydrogen) atoms. The van der Waals surface area contributed by atoms with Crippen LogP contribution in [0, 0.1) is 0 Å². The van der Waals surface area contributed by atoms with Gasteiger partial charge in [-0.2, -0.15) is 0 Å². The lowest BCUT2D eigenvalue weighted by atomic mass is 10.1. The van der Waals surface area contributed by atoms with E-state index in [4.69, 9.17) is 4.74 Å². The average Bonchev–Trinajstić information content (AvgIpc) is 2.52. The largest absolute Gasteiger partial charge is 0.414 e. The molecular weight excluding hydrogens is 290 g/mol. The van der Waals surface area contributed by atoms with Gasteiger partial charge >= 0.3 is 6.09 Å². The molecule has 1 aromatic rings. The minimum atomic E-state index is -0.377. The van der Waals surface area contributed by atoms with Crippen LogP contribution in [-0.4, -0.2) is 48.6 Å². The van der Waals surface area contributed by atoms with Crippen LogP contribution < -0.4 is 4.74 Å². The lowest BCUT2D eigenvalue weighted by Gasteiger charge is -2.18. The maximum atomic E-state index is 11.7. The molecule has 1 heterocycles. The van der Waals surface area contributed by atoms with Crippen molar-refractivity contribution in [3.63, 3.8) is 0 Å². The van der Waals surface area contributed by atoms with E-state index in [1.165, 1.54) is 43.4 Å². The van der Waals surface area contributed by atoms with Crippen LogP contribution in [0.25, 0.3) is 0 Å². The monoisotopic (exact) mass is 321 g/mol. The highest BCUT2D eigenvalue weighted by Gasteiger charge is 2.13. The van der Waals surface area contributed by atoms with E-state index in [0.29, 0.717) is 12.3 Å². The maximum absolute atomic E-state index is 11.7. The minimum Gasteiger partial charge on any atom is -0.408 e. The molecule has 0 bridgehead atoms. The third kappa shape index (κ3) is 7.98. The smallest absolute Gasteiger partial charge is 0.408 e. The first-order valence-corrected chi connectivity index (χ1v) is 8.56. The zero-order valence-corrected chi connectivity index (χ0v) is 15.0. The van der Waals surface area contributed by atoms with Crippen molar-refractivity contribution in [2.24, 2.45) is 0 Å². The molecule has 1 rings (SSSR count). The lowest BCUT2D eigenvalue weighted by molar-refractivity contribution is 0.170. The topological polar surface area (TPSA) is 45.7 Å². The summed E-state index contributed by atoms with van der Waals surface area (Å²) in [5.41, 5.74) is 0.802. The number of amides is 1. The minimum absolute atomic E-state index is 0.377. The zero-order chi connectivity index (χ0) is 17.1. The fourth-order valence-corrected chi connectivity index (χ4v) is 2.32. The summed E-state index contributed by atoms with van der Waals surface area (Å²) in [6.07, 6.45) is 9.11. The number of carbonyl (C=O) groups excluding carboxylic acids is 1. The first-order valence-electron chi connectivity index (χ1n) is 8.56. The fourth-order valence-electron chi connectivity index (χ4n) is 2.32. The Morgan fingerprint density at radius 3 is 2.52 bits per heavy atom. The van der Waals surface area contributed by atoms with Gasteiger partial charge in [0.05, 0.1) is 5.69 Å². The standard InChI is InChI=1S/C18H31N3O2/c1-5-6-7-8-9-10-14-21(4)15-16-17(12-11-13-19-16)23-18(22)20(2)3/h11-13H,5-10,14-15H2,1-4H3. The van der Waals surface area contributed by atoms with Gasteiger partial charge < -0.3 is 14.5 Å². The van der Waals surface area contributed by atoms with Gasteiger partial charge in [-0.1, -0.05) is 39.0 Å². The van der Waals surface area contributed by atoms with E-state index >= 15 is 0 Å². The first-order chi connectivity index (χ1) is 11.0. The summed E-state index contributed by atoms with van der Waals surface area (Å²) in [4.78, 5) is 19.7. The number of hydrogen-bond acceptors (Lipinski definition) is 4. The Labute approximate surface area is 140 Å². The van der Waals surface area contributed by atoms with Gasteiger partial charge in [0.1, 0.15) is 0 Å². The van der Waals surface area contributed by atoms with E-state index in [1.807, 2.05) is 0 Å². The first kappa shape index (κ1) is 19.4. The van der Waals surface area contributed by atoms with E-state index in [1.54, 1.807) is 32.4 Å². The highest BCUT2D eigenvalue weighted by Crippen LogP contribution is 2.18. The van der Waals surface area contributed by atoms with E-state index in [9.17, 15) is 4.79 Å². The molecule has 1 amide bonds. The summed E-state index contributed by atoms with van der Waals surface area (Å²) < 4.78 is 5.38. The molecule has 0 atom stereocenters. The van der Waals surface area contributed by atoms with E-state index in [2.05, 4.69) is 23.9 Å². The number of carbonyl (C=O) groups is 1. The lowest BCUT2D eigenvalue weighted by Crippen LogP contribution is -2.26. The molecule has 130 valence electrons. The number of ether oxygens (including phenoxy) is 1. The van der Waals surface area contributed by atoms with Crippen molar-refractivity contribution in [2.45, 2.75) is 52.0 Å². The quantitative estimate of drug-likeness (QED) is 0.612. The predicted octanol–water partition coefficient (Wildman–Crippen LogP) is 3.93. The second kappa shape index (κ2) is 11.0. The summed E-state index contributed by atoms with van der Waals surface area (Å²) in [6.45, 7) is 3.96. The number of pyridine rings is 1. The second-order valence-corrected chi connectivity index (χ2v) is 6.22. The predicted molar refractivity (Wildman–Crippen MR) is 93.7 cm³/mol. The van der Waals surface area contributed by atoms with E-state index in [-0.39, 0.29) is 6.09 Å². The van der Waals surface area contributed by atoms with Gasteiger partial charge in [0.25, 0.3) is 0 Å². The van der Waals surface area contributed by atoms with Crippen molar-refractivity contribution < 1.29 is 9.53 Å². The molecule has 0 fully saturated rings. The molecule has 0 unspecified atom stereocenters. The number of nitrogens with zero attached hydrogens (tertiary/aromatic N) is 3. The SMILES string of the molecule is CCCCCCCCN(C)Cc1ncccc1OC(=O)N(C)C. The van der Waals surface area contributed by atoms with E-state index in [0.717, 1.165) is 12.2 Å². The van der Waals surface area contributed by atoms with Crippen molar-refractivity contribution in [1.82, 2.24) is 14.8 Å². The van der Waals surface area contributed by atoms with Gasteiger partial charge in [0, 0.05) is 26.8 Å². The molecule has 0 radical (unpaired) electrons. The molecule has 0 aliphatic rings. The molecule has 0 saturated carbocycles. The Hall–Kier alpha value is -1.62. The van der Waals surface area contributed by atoms with Crippen molar-refractivity contribution in [2.75, 3.05) is 27.7 Å². The molecule has 5 nitrogen and oxygen atoms in total. The number of unbranched alkanes of at least 4 members (excludes halogenated alkanes) is 5. The third-order valence-electron chi connectivity index (χ3n) is 3.72. The molecule has 1 aromatic heterocycles. The van der Waals surface area contributed by atoms with Crippen molar-refractivity contribution in [3.8, 4) is 5.75 Å². The highest BCUT2D eigenvalue weighted by atomic mass is 16.6. The summed E-state index contributed by atoms with van der Waals surface area (Å²) in [5.74, 6) is 0.543. The number of rotatable bonds is 10. The van der Waals surface area contributed by atoms with Gasteiger partial charge in [-0.3, -0.25) is 4.98 Å². The van der Waals surface area contributed by atoms with Crippen LogP contribution in [0.1, 0.15) is 51.1 Å². The second-order valence-electron chi connectivity index (χ2n) is 6.22. The molecule has 0 saturated heterocycles. The van der Waals surface area contributed by atoms with Crippen LogP contribution in [-0.2, 0) is 6.54 Å². The molecule has 0 aliphatic heterocycles. The fraction of sp³-hybridized carbons (Fsp3) is 0.667. The Kier molecular flexibility index (Phi) is 9.29. The Bertz CT molecular complexity index is 463. The normalized spacial score (nSPS) is 10.8. The van der Waals surface area contributed by atoms with Gasteiger partial charge in [-0.15, -0.1) is 0 Å². The van der Waals surface area contributed by atoms with E-state index < -0.39 is 0 Å². The van der Waals surface area contributed by atoms with Crippen LogP contribution in [0.2, 0.25) is 0 Å². The van der Waals surface area contributed by atoms with Gasteiger partial charge in [0.15, 0.2) is 5.75 Å². The zero-order valence-electron chi connectivity index (χ0n) is 15.0. The number of hydrogen-bond donors (Lipinski definition) is 0. The summed E-state index contributed by atoms with van der Waals surface area (Å²) >= 11 is 0. The van der Waals surface area contributed by atoms with Crippen LogP contribution >= 0.6 is 0 Å². The van der Waals surface area contributed by atoms with Crippen LogP contribution in [0.15, 0.2) is 18.3 Å². The number of aromatic nitrogens is 1. The van der Waals surface area contributed by atoms with Gasteiger partial charge in [-0.05, 0) is 32.1 Å². The van der Waals surface area contributed by atoms with Crippen LogP contribution in [0.4, 0.5) is 4.79 Å². The molecule has 0 N–H and O–H groups in total. The molecular formula is C18H31N3O2. The van der Waals surface area contributed by atoms with Crippen LogP contribution in [0.3, 0.4) is 0 Å². The van der Waals surface area contributed by atoms with Crippen molar-refractivity contribution >= 4 is 6.09 Å². The molecule has 0 aliphatic carbocycles. The maximum Gasteiger partial charge on any atom is 0.414 e. The Morgan fingerprint density at radius 2 is 1.83 bits per heavy atom. The van der Waals surface area contributed by atoms with Gasteiger partial charge in [-0.25, -0.2) is 4.79 Å². The molecule has 0 spiro atoms. The highest BCUT2D eigenvalue weighted by molar-refractivity contribution is 5.70. The summed E-state index contributed by atoms with van der Waals surface area (Å²) in [6, 6.07) is 3.58. The van der Waals surface area contributed by atoms with Gasteiger partial charge in [0.2, 0.25) is 0 Å². The molecule has 5 heteroatoms. The summed E-state index contributed by atoms with van der Waals surface area (Å²) in [5, 5.41) is 0. The third-order valence-corrected chi connectivity index (χ3v) is 3.72. The Morgan fingerprint density at radius 1 is 1.13 bits per heavy atom. The average molecular weight is 321 g/mol. The van der Waals surface area contributed by atoms with Crippen molar-refractivity contribution in [1.29, 1.82) is 0 Å². The molecule has 0 aromatic carbocycles. The van der Waals surface area contributed by atoms with Crippen LogP contribution in [0.5, 0.6) is 5.75 Å². The Balaban J connectivity index is 2.42.